The molecule has 0 bridgehead atoms. The van der Waals surface area contributed by atoms with Crippen molar-refractivity contribution in [2.75, 3.05) is 39.3 Å². The fourth-order valence-electron chi connectivity index (χ4n) is 3.79. The summed E-state index contributed by atoms with van der Waals surface area (Å²) in [6, 6.07) is 5.81. The van der Waals surface area contributed by atoms with Gasteiger partial charge in [-0.05, 0) is 50.4 Å². The van der Waals surface area contributed by atoms with Crippen molar-refractivity contribution < 1.29 is 9.90 Å². The fourth-order valence-corrected chi connectivity index (χ4v) is 3.79. The molecule has 1 aromatic rings. The Labute approximate surface area is 138 Å². The van der Waals surface area contributed by atoms with Crippen LogP contribution in [0.5, 0.6) is 0 Å². The average Bonchev–Trinajstić information content (AvgIpc) is 3.23. The lowest BCUT2D eigenvalue weighted by atomic mass is 9.96. The maximum Gasteiger partial charge on any atom is 0.222 e. The molecule has 5 nitrogen and oxygen atoms in total. The molecule has 126 valence electrons. The summed E-state index contributed by atoms with van der Waals surface area (Å²) >= 11 is 0. The molecule has 2 saturated heterocycles. The molecule has 2 atom stereocenters. The van der Waals surface area contributed by atoms with Crippen LogP contribution < -0.4 is 0 Å². The number of aliphatic hydroxyl groups is 1. The van der Waals surface area contributed by atoms with Crippen molar-refractivity contribution in [2.45, 2.75) is 25.7 Å². The highest BCUT2D eigenvalue weighted by molar-refractivity contribution is 5.76. The molecule has 0 saturated carbocycles. The van der Waals surface area contributed by atoms with E-state index in [0.29, 0.717) is 25.3 Å². The number of amides is 1. The van der Waals surface area contributed by atoms with Crippen LogP contribution in [0.15, 0.2) is 24.4 Å². The Balaban J connectivity index is 1.50. The van der Waals surface area contributed by atoms with E-state index in [0.717, 1.165) is 18.8 Å². The zero-order valence-electron chi connectivity index (χ0n) is 13.7. The first-order chi connectivity index (χ1) is 11.3. The molecule has 3 heterocycles. The number of rotatable bonds is 6. The number of pyridine rings is 1. The zero-order valence-corrected chi connectivity index (χ0v) is 13.7. The molecule has 2 fully saturated rings. The van der Waals surface area contributed by atoms with Crippen LogP contribution >= 0.6 is 0 Å². The quantitative estimate of drug-likeness (QED) is 0.856. The molecule has 1 aromatic heterocycles. The number of carbonyl (C=O) groups excluding carboxylic acids is 1. The van der Waals surface area contributed by atoms with E-state index in [1.54, 1.807) is 6.20 Å². The number of hydrogen-bond donors (Lipinski definition) is 1. The van der Waals surface area contributed by atoms with E-state index in [9.17, 15) is 9.90 Å². The molecule has 3 rings (SSSR count). The summed E-state index contributed by atoms with van der Waals surface area (Å²) < 4.78 is 0. The average molecular weight is 317 g/mol. The second kappa shape index (κ2) is 7.88. The third kappa shape index (κ3) is 4.30. The van der Waals surface area contributed by atoms with Gasteiger partial charge in [0.2, 0.25) is 5.91 Å². The molecule has 2 aliphatic heterocycles. The van der Waals surface area contributed by atoms with Crippen LogP contribution in [0.3, 0.4) is 0 Å². The van der Waals surface area contributed by atoms with Crippen LogP contribution in [0.25, 0.3) is 0 Å². The Morgan fingerprint density at radius 1 is 1.22 bits per heavy atom. The highest BCUT2D eigenvalue weighted by Gasteiger charge is 2.35. The normalized spacial score (nSPS) is 25.2. The van der Waals surface area contributed by atoms with Gasteiger partial charge in [-0.2, -0.15) is 0 Å². The molecule has 0 spiro atoms. The Hall–Kier alpha value is -1.46. The van der Waals surface area contributed by atoms with E-state index < -0.39 is 0 Å². The van der Waals surface area contributed by atoms with Gasteiger partial charge in [-0.15, -0.1) is 0 Å². The van der Waals surface area contributed by atoms with Crippen LogP contribution in [0.2, 0.25) is 0 Å². The molecule has 0 aromatic carbocycles. The molecule has 2 aliphatic rings. The summed E-state index contributed by atoms with van der Waals surface area (Å²) in [6.45, 7) is 5.04. The van der Waals surface area contributed by atoms with Crippen LogP contribution in [0.4, 0.5) is 0 Å². The van der Waals surface area contributed by atoms with Crippen molar-refractivity contribution in [3.8, 4) is 0 Å². The zero-order chi connectivity index (χ0) is 16.1. The molecule has 0 aliphatic carbocycles. The Morgan fingerprint density at radius 3 is 2.70 bits per heavy atom. The summed E-state index contributed by atoms with van der Waals surface area (Å²) in [4.78, 5) is 21.2. The van der Waals surface area contributed by atoms with Gasteiger partial charge in [-0.1, -0.05) is 6.07 Å². The third-order valence-electron chi connectivity index (χ3n) is 5.18. The summed E-state index contributed by atoms with van der Waals surface area (Å²) in [5.41, 5.74) is 0.965. The maximum absolute atomic E-state index is 12.5. The number of nitrogens with zero attached hydrogens (tertiary/aromatic N) is 3. The van der Waals surface area contributed by atoms with Crippen molar-refractivity contribution in [2.24, 2.45) is 11.8 Å². The van der Waals surface area contributed by atoms with Crippen LogP contribution in [-0.2, 0) is 11.2 Å². The number of aromatic nitrogens is 1. The van der Waals surface area contributed by atoms with Crippen LogP contribution in [0, 0.1) is 11.8 Å². The second-order valence-electron chi connectivity index (χ2n) is 6.83. The highest BCUT2D eigenvalue weighted by Crippen LogP contribution is 2.26. The molecular formula is C18H27N3O2. The van der Waals surface area contributed by atoms with Gasteiger partial charge in [-0.3, -0.25) is 9.78 Å². The predicted octanol–water partition coefficient (Wildman–Crippen LogP) is 1.18. The first-order valence-electron chi connectivity index (χ1n) is 8.77. The first kappa shape index (κ1) is 16.4. The lowest BCUT2D eigenvalue weighted by Crippen LogP contribution is -2.32. The van der Waals surface area contributed by atoms with Crippen molar-refractivity contribution >= 4 is 5.91 Å². The molecule has 0 radical (unpaired) electrons. The number of hydrogen-bond acceptors (Lipinski definition) is 4. The minimum Gasteiger partial charge on any atom is -0.396 e. The van der Waals surface area contributed by atoms with Crippen LogP contribution in [0.1, 0.15) is 25.0 Å². The van der Waals surface area contributed by atoms with E-state index in [4.69, 9.17) is 0 Å². The molecule has 5 heteroatoms. The van der Waals surface area contributed by atoms with E-state index >= 15 is 0 Å². The van der Waals surface area contributed by atoms with Crippen molar-refractivity contribution in [3.05, 3.63) is 30.1 Å². The Morgan fingerprint density at radius 2 is 2.00 bits per heavy atom. The van der Waals surface area contributed by atoms with Gasteiger partial charge >= 0.3 is 0 Å². The SMILES string of the molecule is O=C(CCc1ccccn1)N1C[C@@H](CO)[C@@H](CN2CCCC2)C1. The van der Waals surface area contributed by atoms with Crippen molar-refractivity contribution in [3.63, 3.8) is 0 Å². The van der Waals surface area contributed by atoms with Gasteiger partial charge in [0.15, 0.2) is 0 Å². The highest BCUT2D eigenvalue weighted by atomic mass is 16.3. The molecule has 0 unspecified atom stereocenters. The minimum atomic E-state index is 0.183. The number of aliphatic hydroxyl groups excluding tert-OH is 1. The lowest BCUT2D eigenvalue weighted by molar-refractivity contribution is -0.130. The third-order valence-corrected chi connectivity index (χ3v) is 5.18. The Kier molecular flexibility index (Phi) is 5.62. The number of carbonyl (C=O) groups is 1. The van der Waals surface area contributed by atoms with Gasteiger partial charge in [-0.25, -0.2) is 0 Å². The van der Waals surface area contributed by atoms with Gasteiger partial charge in [0.25, 0.3) is 0 Å². The number of aryl methyl sites for hydroxylation is 1. The summed E-state index contributed by atoms with van der Waals surface area (Å²) in [5.74, 6) is 0.837. The van der Waals surface area contributed by atoms with Gasteiger partial charge < -0.3 is 14.9 Å². The van der Waals surface area contributed by atoms with E-state index in [1.165, 1.54) is 25.9 Å². The Bertz CT molecular complexity index is 502. The fraction of sp³-hybridized carbons (Fsp3) is 0.667. The minimum absolute atomic E-state index is 0.183. The number of likely N-dealkylation sites (tertiary alicyclic amines) is 2. The van der Waals surface area contributed by atoms with Gasteiger partial charge in [0, 0.05) is 50.5 Å². The van der Waals surface area contributed by atoms with Gasteiger partial charge in [0.1, 0.15) is 0 Å². The van der Waals surface area contributed by atoms with Crippen molar-refractivity contribution in [1.29, 1.82) is 0 Å². The summed E-state index contributed by atoms with van der Waals surface area (Å²) in [7, 11) is 0. The molecule has 1 amide bonds. The van der Waals surface area contributed by atoms with E-state index in [-0.39, 0.29) is 18.4 Å². The second-order valence-corrected chi connectivity index (χ2v) is 6.83. The van der Waals surface area contributed by atoms with Gasteiger partial charge in [0.05, 0.1) is 0 Å². The topological polar surface area (TPSA) is 56.7 Å². The first-order valence-corrected chi connectivity index (χ1v) is 8.77. The monoisotopic (exact) mass is 317 g/mol. The standard InChI is InChI=1S/C18H27N3O2/c22-14-16-13-21(12-15(16)11-20-9-3-4-10-20)18(23)7-6-17-5-1-2-8-19-17/h1-2,5,8,15-16,22H,3-4,6-7,9-14H2/t15-,16-/m0/s1. The lowest BCUT2D eigenvalue weighted by Gasteiger charge is -2.22. The molecular weight excluding hydrogens is 290 g/mol. The van der Waals surface area contributed by atoms with Crippen molar-refractivity contribution in [1.82, 2.24) is 14.8 Å². The van der Waals surface area contributed by atoms with E-state index in [1.807, 2.05) is 23.1 Å². The van der Waals surface area contributed by atoms with Crippen LogP contribution in [-0.4, -0.2) is 65.1 Å². The smallest absolute Gasteiger partial charge is 0.222 e. The largest absolute Gasteiger partial charge is 0.396 e. The summed E-state index contributed by atoms with van der Waals surface area (Å²) in [5, 5.41) is 9.65. The summed E-state index contributed by atoms with van der Waals surface area (Å²) in [6.07, 6.45) is 5.53. The molecule has 1 N–H and O–H groups in total. The maximum atomic E-state index is 12.5. The predicted molar refractivity (Wildman–Crippen MR) is 88.9 cm³/mol. The van der Waals surface area contributed by atoms with E-state index in [2.05, 4.69) is 9.88 Å². The molecule has 23 heavy (non-hydrogen) atoms.